The van der Waals surface area contributed by atoms with Gasteiger partial charge in [-0.15, -0.1) is 0 Å². The van der Waals surface area contributed by atoms with Gasteiger partial charge in [-0.1, -0.05) is 0 Å². The van der Waals surface area contributed by atoms with E-state index in [0.29, 0.717) is 37.8 Å². The lowest BCUT2D eigenvalue weighted by Gasteiger charge is -2.23. The molecule has 0 unspecified atom stereocenters. The zero-order valence-corrected chi connectivity index (χ0v) is 15.7. The fourth-order valence-corrected chi connectivity index (χ4v) is 5.21. The summed E-state index contributed by atoms with van der Waals surface area (Å²) in [6, 6.07) is 5.71. The smallest absolute Gasteiger partial charge is 0.163 e. The topological polar surface area (TPSA) is 86.6 Å². The zero-order chi connectivity index (χ0) is 18.3. The maximum absolute atomic E-state index is 11.7. The molecule has 140 valence electrons. The van der Waals surface area contributed by atoms with Gasteiger partial charge in [0.15, 0.2) is 21.3 Å². The number of nitrogens with zero attached hydrogens (tertiary/aromatic N) is 4. The number of hydrogen-bond donors (Lipinski definition) is 0. The third-order valence-corrected chi connectivity index (χ3v) is 6.52. The number of rotatable bonds is 4. The summed E-state index contributed by atoms with van der Waals surface area (Å²) >= 11 is 0. The van der Waals surface area contributed by atoms with Gasteiger partial charge < -0.3 is 9.47 Å². The summed E-state index contributed by atoms with van der Waals surface area (Å²) < 4.78 is 36.5. The van der Waals surface area contributed by atoms with E-state index in [1.54, 1.807) is 4.68 Å². The van der Waals surface area contributed by atoms with Crippen molar-refractivity contribution in [1.82, 2.24) is 19.7 Å². The van der Waals surface area contributed by atoms with E-state index in [4.69, 9.17) is 9.47 Å². The van der Waals surface area contributed by atoms with Crippen LogP contribution in [0.4, 0.5) is 0 Å². The molecule has 0 bridgehead atoms. The fourth-order valence-electron chi connectivity index (χ4n) is 3.41. The number of hydrogen-bond acceptors (Lipinski definition) is 7. The SMILES string of the molecule is Cc1nc(CN(C)[C@@H]2CCS(=O)(=O)C2)n(-c2ccc3c(c2)OCCO3)n1. The molecular weight excluding hydrogens is 356 g/mol. The van der Waals surface area contributed by atoms with Crippen LogP contribution in [0.25, 0.3) is 5.69 Å². The minimum atomic E-state index is -2.92. The standard InChI is InChI=1S/C17H22N4O4S/c1-12-18-17(10-20(2)14-5-8-26(22,23)11-14)21(19-12)13-3-4-15-16(9-13)25-7-6-24-15/h3-4,9,14H,5-8,10-11H2,1-2H3/t14-/m1/s1. The van der Waals surface area contributed by atoms with Crippen molar-refractivity contribution >= 4 is 9.84 Å². The lowest BCUT2D eigenvalue weighted by Crippen LogP contribution is -2.33. The van der Waals surface area contributed by atoms with Crippen LogP contribution in [-0.4, -0.2) is 65.9 Å². The third kappa shape index (κ3) is 3.41. The largest absolute Gasteiger partial charge is 0.486 e. The first-order chi connectivity index (χ1) is 12.4. The number of fused-ring (bicyclic) bond motifs is 1. The van der Waals surface area contributed by atoms with Crippen molar-refractivity contribution in [3.8, 4) is 17.2 Å². The Hall–Kier alpha value is -2.13. The second-order valence-corrected chi connectivity index (χ2v) is 9.02. The molecule has 0 amide bonds. The maximum atomic E-state index is 11.7. The van der Waals surface area contributed by atoms with Crippen LogP contribution in [0.15, 0.2) is 18.2 Å². The zero-order valence-electron chi connectivity index (χ0n) is 14.9. The van der Waals surface area contributed by atoms with Crippen LogP contribution in [0, 0.1) is 6.92 Å². The molecule has 0 spiro atoms. The Balaban J connectivity index is 1.59. The number of benzene rings is 1. The van der Waals surface area contributed by atoms with E-state index in [9.17, 15) is 8.42 Å². The van der Waals surface area contributed by atoms with E-state index in [1.165, 1.54) is 0 Å². The molecule has 2 aliphatic heterocycles. The quantitative estimate of drug-likeness (QED) is 0.783. The van der Waals surface area contributed by atoms with Crippen LogP contribution in [0.2, 0.25) is 0 Å². The molecule has 26 heavy (non-hydrogen) atoms. The summed E-state index contributed by atoms with van der Waals surface area (Å²) in [4.78, 5) is 6.58. The van der Waals surface area contributed by atoms with Crippen molar-refractivity contribution in [1.29, 1.82) is 0 Å². The highest BCUT2D eigenvalue weighted by atomic mass is 32.2. The van der Waals surface area contributed by atoms with Gasteiger partial charge in [-0.25, -0.2) is 18.1 Å². The van der Waals surface area contributed by atoms with Crippen LogP contribution in [-0.2, 0) is 16.4 Å². The molecule has 0 aliphatic carbocycles. The minimum absolute atomic E-state index is 0.0192. The van der Waals surface area contributed by atoms with E-state index < -0.39 is 9.84 Å². The molecule has 1 aromatic carbocycles. The van der Waals surface area contributed by atoms with Crippen LogP contribution in [0.5, 0.6) is 11.5 Å². The van der Waals surface area contributed by atoms with E-state index >= 15 is 0 Å². The Bertz CT molecular complexity index is 925. The van der Waals surface area contributed by atoms with Crippen molar-refractivity contribution < 1.29 is 17.9 Å². The molecule has 0 radical (unpaired) electrons. The molecular formula is C17H22N4O4S. The maximum Gasteiger partial charge on any atom is 0.163 e. The Morgan fingerprint density at radius 2 is 2.04 bits per heavy atom. The second-order valence-electron chi connectivity index (χ2n) is 6.79. The molecule has 0 N–H and O–H groups in total. The molecule has 2 aliphatic rings. The number of aryl methyl sites for hydroxylation is 1. The Labute approximate surface area is 152 Å². The van der Waals surface area contributed by atoms with Crippen molar-refractivity contribution in [3.63, 3.8) is 0 Å². The summed E-state index contributed by atoms with van der Waals surface area (Å²) in [7, 11) is -0.981. The highest BCUT2D eigenvalue weighted by Crippen LogP contribution is 2.32. The van der Waals surface area contributed by atoms with Crippen molar-refractivity contribution in [2.75, 3.05) is 31.8 Å². The number of sulfone groups is 1. The van der Waals surface area contributed by atoms with Gasteiger partial charge in [0, 0.05) is 12.1 Å². The lowest BCUT2D eigenvalue weighted by atomic mass is 10.2. The summed E-state index contributed by atoms with van der Waals surface area (Å²) in [5.74, 6) is 3.33. The molecule has 4 rings (SSSR count). The van der Waals surface area contributed by atoms with Crippen molar-refractivity contribution in [2.24, 2.45) is 0 Å². The average Bonchev–Trinajstić information content (AvgIpc) is 3.16. The Morgan fingerprint density at radius 1 is 1.27 bits per heavy atom. The van der Waals surface area contributed by atoms with Gasteiger partial charge in [-0.2, -0.15) is 5.10 Å². The second kappa shape index (κ2) is 6.55. The van der Waals surface area contributed by atoms with E-state index in [0.717, 1.165) is 17.3 Å². The molecule has 1 fully saturated rings. The molecule has 1 saturated heterocycles. The van der Waals surface area contributed by atoms with Gasteiger partial charge in [0.25, 0.3) is 0 Å². The van der Waals surface area contributed by atoms with Crippen LogP contribution in [0.3, 0.4) is 0 Å². The van der Waals surface area contributed by atoms with Crippen molar-refractivity contribution in [3.05, 3.63) is 29.8 Å². The van der Waals surface area contributed by atoms with Gasteiger partial charge in [0.2, 0.25) is 0 Å². The van der Waals surface area contributed by atoms with Gasteiger partial charge in [0.05, 0.1) is 23.7 Å². The summed E-state index contributed by atoms with van der Waals surface area (Å²) in [5, 5.41) is 4.50. The monoisotopic (exact) mass is 378 g/mol. The van der Waals surface area contributed by atoms with E-state index in [1.807, 2.05) is 37.1 Å². The summed E-state index contributed by atoms with van der Waals surface area (Å²) in [5.41, 5.74) is 0.845. The van der Waals surface area contributed by atoms with Gasteiger partial charge in [-0.05, 0) is 32.5 Å². The van der Waals surface area contributed by atoms with E-state index in [-0.39, 0.29) is 17.5 Å². The van der Waals surface area contributed by atoms with Crippen LogP contribution >= 0.6 is 0 Å². The highest BCUT2D eigenvalue weighted by Gasteiger charge is 2.31. The minimum Gasteiger partial charge on any atom is -0.486 e. The molecule has 8 nitrogen and oxygen atoms in total. The average molecular weight is 378 g/mol. The predicted molar refractivity (Wildman–Crippen MR) is 95.6 cm³/mol. The molecule has 1 atom stereocenters. The highest BCUT2D eigenvalue weighted by molar-refractivity contribution is 7.91. The van der Waals surface area contributed by atoms with Gasteiger partial charge in [0.1, 0.15) is 24.9 Å². The molecule has 1 aromatic heterocycles. The predicted octanol–water partition coefficient (Wildman–Crippen LogP) is 0.966. The fraction of sp³-hybridized carbons (Fsp3) is 0.529. The summed E-state index contributed by atoms with van der Waals surface area (Å²) in [6.45, 7) is 3.45. The third-order valence-electron chi connectivity index (χ3n) is 4.77. The van der Waals surface area contributed by atoms with Gasteiger partial charge in [-0.3, -0.25) is 4.90 Å². The Kier molecular flexibility index (Phi) is 4.36. The number of ether oxygens (including phenoxy) is 2. The molecule has 2 aromatic rings. The Morgan fingerprint density at radius 3 is 2.77 bits per heavy atom. The van der Waals surface area contributed by atoms with E-state index in [2.05, 4.69) is 10.1 Å². The first-order valence-corrected chi connectivity index (χ1v) is 10.5. The van der Waals surface area contributed by atoms with Crippen molar-refractivity contribution in [2.45, 2.75) is 25.9 Å². The molecule has 0 saturated carbocycles. The van der Waals surface area contributed by atoms with Crippen LogP contribution in [0.1, 0.15) is 18.1 Å². The molecule has 3 heterocycles. The summed E-state index contributed by atoms with van der Waals surface area (Å²) in [6.07, 6.45) is 0.663. The normalized spacial score (nSPS) is 21.3. The van der Waals surface area contributed by atoms with Crippen LogP contribution < -0.4 is 9.47 Å². The first-order valence-electron chi connectivity index (χ1n) is 8.64. The molecule has 9 heteroatoms. The van der Waals surface area contributed by atoms with Gasteiger partial charge >= 0.3 is 0 Å². The lowest BCUT2D eigenvalue weighted by molar-refractivity contribution is 0.171. The number of aromatic nitrogens is 3. The first kappa shape index (κ1) is 17.3.